The van der Waals surface area contributed by atoms with Gasteiger partial charge in [-0.3, -0.25) is 9.78 Å². The third-order valence-electron chi connectivity index (χ3n) is 2.44. The SMILES string of the molecule is CN(Cc1cccnc1)c1snc(N)c1C(N)=O. The molecular weight excluding hydrogens is 250 g/mol. The Balaban J connectivity index is 2.24. The number of anilines is 2. The number of primary amides is 1. The van der Waals surface area contributed by atoms with E-state index in [9.17, 15) is 4.79 Å². The fraction of sp³-hybridized carbons (Fsp3) is 0.182. The highest BCUT2D eigenvalue weighted by atomic mass is 32.1. The lowest BCUT2D eigenvalue weighted by Gasteiger charge is -2.17. The lowest BCUT2D eigenvalue weighted by atomic mass is 10.2. The Bertz CT molecular complexity index is 554. The third kappa shape index (κ3) is 2.40. The van der Waals surface area contributed by atoms with Gasteiger partial charge in [0.25, 0.3) is 5.91 Å². The summed E-state index contributed by atoms with van der Waals surface area (Å²) in [5, 5.41) is 0.670. The molecular formula is C11H13N5OS. The van der Waals surface area contributed by atoms with Crippen LogP contribution in [0, 0.1) is 0 Å². The van der Waals surface area contributed by atoms with Gasteiger partial charge >= 0.3 is 0 Å². The molecule has 94 valence electrons. The largest absolute Gasteiger partial charge is 0.382 e. The number of hydrogen-bond donors (Lipinski definition) is 2. The highest BCUT2D eigenvalue weighted by molar-refractivity contribution is 7.11. The number of nitrogens with zero attached hydrogens (tertiary/aromatic N) is 3. The molecule has 0 fully saturated rings. The maximum absolute atomic E-state index is 11.3. The van der Waals surface area contributed by atoms with E-state index >= 15 is 0 Å². The van der Waals surface area contributed by atoms with Crippen molar-refractivity contribution < 1.29 is 4.79 Å². The number of nitrogen functional groups attached to an aromatic ring is 1. The first kappa shape index (κ1) is 12.3. The minimum absolute atomic E-state index is 0.181. The van der Waals surface area contributed by atoms with Crippen molar-refractivity contribution in [3.63, 3.8) is 0 Å². The zero-order chi connectivity index (χ0) is 13.1. The van der Waals surface area contributed by atoms with Crippen LogP contribution < -0.4 is 16.4 Å². The van der Waals surface area contributed by atoms with Gasteiger partial charge in [-0.25, -0.2) is 0 Å². The van der Waals surface area contributed by atoms with Crippen LogP contribution in [0.1, 0.15) is 15.9 Å². The third-order valence-corrected chi connectivity index (χ3v) is 3.41. The van der Waals surface area contributed by atoms with Crippen LogP contribution in [0.2, 0.25) is 0 Å². The highest BCUT2D eigenvalue weighted by Gasteiger charge is 2.19. The Kier molecular flexibility index (Phi) is 3.42. The van der Waals surface area contributed by atoms with E-state index in [1.807, 2.05) is 24.1 Å². The Morgan fingerprint density at radius 2 is 2.33 bits per heavy atom. The molecule has 0 spiro atoms. The number of hydrogen-bond acceptors (Lipinski definition) is 6. The molecule has 2 aromatic rings. The van der Waals surface area contributed by atoms with Crippen LogP contribution in [-0.4, -0.2) is 22.3 Å². The van der Waals surface area contributed by atoms with Crippen LogP contribution >= 0.6 is 11.5 Å². The van der Waals surface area contributed by atoms with Gasteiger partial charge in [-0.2, -0.15) is 4.37 Å². The zero-order valence-corrected chi connectivity index (χ0v) is 10.6. The summed E-state index contributed by atoms with van der Waals surface area (Å²) in [7, 11) is 1.85. The summed E-state index contributed by atoms with van der Waals surface area (Å²) in [6, 6.07) is 3.82. The topological polar surface area (TPSA) is 98.1 Å². The first-order chi connectivity index (χ1) is 8.59. The zero-order valence-electron chi connectivity index (χ0n) is 9.83. The Hall–Kier alpha value is -2.15. The fourth-order valence-corrected chi connectivity index (χ4v) is 2.40. The van der Waals surface area contributed by atoms with E-state index in [0.29, 0.717) is 11.5 Å². The molecule has 0 aliphatic rings. The van der Waals surface area contributed by atoms with Crippen molar-refractivity contribution in [2.24, 2.45) is 5.73 Å². The second-order valence-corrected chi connectivity index (χ2v) is 4.58. The normalized spacial score (nSPS) is 10.3. The van der Waals surface area contributed by atoms with Crippen LogP contribution in [-0.2, 0) is 6.54 Å². The quantitative estimate of drug-likeness (QED) is 0.852. The average molecular weight is 263 g/mol. The first-order valence-electron chi connectivity index (χ1n) is 5.24. The maximum atomic E-state index is 11.3. The van der Waals surface area contributed by atoms with Crippen LogP contribution in [0.25, 0.3) is 0 Å². The molecule has 2 rings (SSSR count). The first-order valence-corrected chi connectivity index (χ1v) is 6.02. The lowest BCUT2D eigenvalue weighted by molar-refractivity contribution is 0.100. The van der Waals surface area contributed by atoms with Gasteiger partial charge in [0, 0.05) is 26.0 Å². The van der Waals surface area contributed by atoms with Gasteiger partial charge in [0.15, 0.2) is 5.82 Å². The molecule has 2 aromatic heterocycles. The molecule has 6 nitrogen and oxygen atoms in total. The number of amides is 1. The maximum Gasteiger partial charge on any atom is 0.255 e. The van der Waals surface area contributed by atoms with Crippen molar-refractivity contribution in [3.05, 3.63) is 35.7 Å². The van der Waals surface area contributed by atoms with E-state index in [4.69, 9.17) is 11.5 Å². The van der Waals surface area contributed by atoms with Gasteiger partial charge in [0.2, 0.25) is 0 Å². The van der Waals surface area contributed by atoms with Crippen molar-refractivity contribution in [3.8, 4) is 0 Å². The van der Waals surface area contributed by atoms with Crippen molar-refractivity contribution in [1.82, 2.24) is 9.36 Å². The van der Waals surface area contributed by atoms with Gasteiger partial charge in [0.05, 0.1) is 0 Å². The van der Waals surface area contributed by atoms with Gasteiger partial charge in [-0.05, 0) is 23.2 Å². The molecule has 0 bridgehead atoms. The number of aromatic nitrogens is 2. The summed E-state index contributed by atoms with van der Waals surface area (Å²) in [5.74, 6) is -0.380. The molecule has 2 heterocycles. The van der Waals surface area contributed by atoms with Crippen molar-refractivity contribution in [2.45, 2.75) is 6.54 Å². The minimum atomic E-state index is -0.561. The Labute approximate surface area is 108 Å². The standard InChI is InChI=1S/C11H13N5OS/c1-16(6-7-3-2-4-14-5-7)11-8(10(13)17)9(12)15-18-11/h2-5H,6H2,1H3,(H2,12,15)(H2,13,17). The van der Waals surface area contributed by atoms with Crippen molar-refractivity contribution in [1.29, 1.82) is 0 Å². The van der Waals surface area contributed by atoms with Crippen LogP contribution in [0.4, 0.5) is 10.8 Å². The van der Waals surface area contributed by atoms with Gasteiger partial charge < -0.3 is 16.4 Å². The van der Waals surface area contributed by atoms with Crippen LogP contribution in [0.15, 0.2) is 24.5 Å². The molecule has 0 unspecified atom stereocenters. The summed E-state index contributed by atoms with van der Waals surface area (Å²) in [6.07, 6.45) is 3.48. The molecule has 0 saturated carbocycles. The smallest absolute Gasteiger partial charge is 0.255 e. The molecule has 0 aromatic carbocycles. The second-order valence-electron chi connectivity index (χ2n) is 3.83. The molecule has 4 N–H and O–H groups in total. The van der Waals surface area contributed by atoms with E-state index in [-0.39, 0.29) is 11.4 Å². The highest BCUT2D eigenvalue weighted by Crippen LogP contribution is 2.30. The molecule has 7 heteroatoms. The Morgan fingerprint density at radius 1 is 1.56 bits per heavy atom. The van der Waals surface area contributed by atoms with E-state index in [1.165, 1.54) is 0 Å². The predicted molar refractivity (Wildman–Crippen MR) is 71.4 cm³/mol. The van der Waals surface area contributed by atoms with Crippen LogP contribution in [0.3, 0.4) is 0 Å². The number of carbonyl (C=O) groups excluding carboxylic acids is 1. The number of pyridine rings is 1. The van der Waals surface area contributed by atoms with Crippen molar-refractivity contribution >= 4 is 28.3 Å². The summed E-state index contributed by atoms with van der Waals surface area (Å²) in [5.41, 5.74) is 12.2. The molecule has 0 aliphatic heterocycles. The fourth-order valence-electron chi connectivity index (χ4n) is 1.62. The number of nitrogens with two attached hydrogens (primary N) is 2. The van der Waals surface area contributed by atoms with Crippen LogP contribution in [0.5, 0.6) is 0 Å². The number of carbonyl (C=O) groups is 1. The van der Waals surface area contributed by atoms with Gasteiger partial charge in [-0.15, -0.1) is 0 Å². The number of rotatable bonds is 4. The van der Waals surface area contributed by atoms with Gasteiger partial charge in [0.1, 0.15) is 10.6 Å². The average Bonchev–Trinajstić information content (AvgIpc) is 2.72. The van der Waals surface area contributed by atoms with E-state index in [2.05, 4.69) is 9.36 Å². The molecule has 0 saturated heterocycles. The Morgan fingerprint density at radius 3 is 2.94 bits per heavy atom. The van der Waals surface area contributed by atoms with Gasteiger partial charge in [-0.1, -0.05) is 6.07 Å². The van der Waals surface area contributed by atoms with E-state index in [1.54, 1.807) is 12.4 Å². The molecule has 0 aliphatic carbocycles. The van der Waals surface area contributed by atoms with E-state index in [0.717, 1.165) is 17.1 Å². The predicted octanol–water partition coefficient (Wildman–Crippen LogP) is 0.856. The van der Waals surface area contributed by atoms with Crippen molar-refractivity contribution in [2.75, 3.05) is 17.7 Å². The summed E-state index contributed by atoms with van der Waals surface area (Å²) < 4.78 is 3.96. The molecule has 0 radical (unpaired) electrons. The summed E-state index contributed by atoms with van der Waals surface area (Å²) >= 11 is 1.16. The summed E-state index contributed by atoms with van der Waals surface area (Å²) in [4.78, 5) is 17.2. The minimum Gasteiger partial charge on any atom is -0.382 e. The monoisotopic (exact) mass is 263 g/mol. The molecule has 1 amide bonds. The summed E-state index contributed by atoms with van der Waals surface area (Å²) in [6.45, 7) is 0.607. The lowest BCUT2D eigenvalue weighted by Crippen LogP contribution is -2.21. The van der Waals surface area contributed by atoms with E-state index < -0.39 is 5.91 Å². The second kappa shape index (κ2) is 5.01. The molecule has 0 atom stereocenters. The molecule has 18 heavy (non-hydrogen) atoms.